The average molecular weight is 345 g/mol. The summed E-state index contributed by atoms with van der Waals surface area (Å²) < 4.78 is 11.0. The van der Waals surface area contributed by atoms with Crippen molar-refractivity contribution in [3.63, 3.8) is 0 Å². The molecule has 136 valence electrons. The number of carbonyl (C=O) groups excluding carboxylic acids is 1. The van der Waals surface area contributed by atoms with E-state index in [-0.39, 0.29) is 5.91 Å². The first-order valence-electron chi connectivity index (χ1n) is 8.52. The molecule has 0 saturated heterocycles. The number of nitrogens with zero attached hydrogens (tertiary/aromatic N) is 2. The Labute approximate surface area is 149 Å². The minimum atomic E-state index is -0.133. The van der Waals surface area contributed by atoms with Crippen LogP contribution in [-0.4, -0.2) is 42.1 Å². The highest BCUT2D eigenvalue weighted by Crippen LogP contribution is 2.21. The van der Waals surface area contributed by atoms with Gasteiger partial charge in [-0.1, -0.05) is 17.3 Å². The van der Waals surface area contributed by atoms with Crippen LogP contribution in [0.3, 0.4) is 0 Å². The molecule has 1 aromatic heterocycles. The first kappa shape index (κ1) is 19.0. The summed E-state index contributed by atoms with van der Waals surface area (Å²) in [4.78, 5) is 14.7. The van der Waals surface area contributed by atoms with Crippen molar-refractivity contribution in [3.05, 3.63) is 46.8 Å². The molecule has 0 aliphatic heterocycles. The van der Waals surface area contributed by atoms with Crippen LogP contribution < -0.4 is 10.1 Å². The zero-order chi connectivity index (χ0) is 18.4. The lowest BCUT2D eigenvalue weighted by molar-refractivity contribution is 0.0943. The van der Waals surface area contributed by atoms with Gasteiger partial charge in [-0.05, 0) is 46.9 Å². The van der Waals surface area contributed by atoms with Crippen LogP contribution in [-0.2, 0) is 6.61 Å². The van der Waals surface area contributed by atoms with Gasteiger partial charge in [0.1, 0.15) is 18.1 Å². The van der Waals surface area contributed by atoms with Gasteiger partial charge in [0.2, 0.25) is 0 Å². The summed E-state index contributed by atoms with van der Waals surface area (Å²) in [5, 5.41) is 6.87. The molecule has 0 unspecified atom stereocenters. The van der Waals surface area contributed by atoms with E-state index in [1.54, 1.807) is 12.1 Å². The Morgan fingerprint density at radius 3 is 2.68 bits per heavy atom. The number of carbonyl (C=O) groups is 1. The quantitative estimate of drug-likeness (QED) is 0.797. The van der Waals surface area contributed by atoms with Crippen LogP contribution in [0, 0.1) is 13.8 Å². The lowest BCUT2D eigenvalue weighted by atomic mass is 10.2. The molecule has 0 bridgehead atoms. The van der Waals surface area contributed by atoms with Crippen molar-refractivity contribution in [2.24, 2.45) is 0 Å². The molecule has 6 nitrogen and oxygen atoms in total. The summed E-state index contributed by atoms with van der Waals surface area (Å²) in [6.45, 7) is 9.68. The molecule has 2 aromatic rings. The van der Waals surface area contributed by atoms with Crippen LogP contribution in [0.4, 0.5) is 0 Å². The SMILES string of the molecule is Cc1noc(C)c1COc1ccccc1C(=O)NCCN(C)C(C)C. The van der Waals surface area contributed by atoms with E-state index >= 15 is 0 Å². The Morgan fingerprint density at radius 1 is 1.32 bits per heavy atom. The van der Waals surface area contributed by atoms with Crippen LogP contribution in [0.1, 0.15) is 41.2 Å². The van der Waals surface area contributed by atoms with Gasteiger partial charge in [0.05, 0.1) is 16.8 Å². The van der Waals surface area contributed by atoms with Crippen molar-refractivity contribution < 1.29 is 14.1 Å². The van der Waals surface area contributed by atoms with Gasteiger partial charge in [0, 0.05) is 19.1 Å². The van der Waals surface area contributed by atoms with Gasteiger partial charge in [-0.15, -0.1) is 0 Å². The second-order valence-electron chi connectivity index (χ2n) is 6.42. The number of nitrogens with one attached hydrogen (secondary N) is 1. The topological polar surface area (TPSA) is 67.6 Å². The molecule has 0 aliphatic rings. The third-order valence-corrected chi connectivity index (χ3v) is 4.32. The molecule has 0 saturated carbocycles. The van der Waals surface area contributed by atoms with Crippen molar-refractivity contribution in [1.82, 2.24) is 15.4 Å². The predicted octanol–water partition coefficient (Wildman–Crippen LogP) is 2.94. The zero-order valence-corrected chi connectivity index (χ0v) is 15.6. The maximum Gasteiger partial charge on any atom is 0.255 e. The normalized spacial score (nSPS) is 11.2. The molecule has 25 heavy (non-hydrogen) atoms. The number of likely N-dealkylation sites (N-methyl/N-ethyl adjacent to an activating group) is 1. The summed E-state index contributed by atoms with van der Waals surface area (Å²) in [6, 6.07) is 7.70. The maximum absolute atomic E-state index is 12.5. The molecule has 0 radical (unpaired) electrons. The molecule has 1 aromatic carbocycles. The second kappa shape index (κ2) is 8.67. The summed E-state index contributed by atoms with van der Waals surface area (Å²) in [5.41, 5.74) is 2.24. The largest absolute Gasteiger partial charge is 0.488 e. The van der Waals surface area contributed by atoms with E-state index in [0.717, 1.165) is 23.6 Å². The lowest BCUT2D eigenvalue weighted by Gasteiger charge is -2.21. The van der Waals surface area contributed by atoms with Crippen molar-refractivity contribution in [2.75, 3.05) is 20.1 Å². The van der Waals surface area contributed by atoms with E-state index in [1.807, 2.05) is 33.0 Å². The third kappa shape index (κ3) is 5.06. The number of aromatic nitrogens is 1. The third-order valence-electron chi connectivity index (χ3n) is 4.32. The summed E-state index contributed by atoms with van der Waals surface area (Å²) in [5.74, 6) is 1.15. The molecule has 0 spiro atoms. The summed E-state index contributed by atoms with van der Waals surface area (Å²) in [7, 11) is 2.04. The monoisotopic (exact) mass is 345 g/mol. The van der Waals surface area contributed by atoms with Gasteiger partial charge >= 0.3 is 0 Å². The molecule has 2 rings (SSSR count). The lowest BCUT2D eigenvalue weighted by Crippen LogP contribution is -2.36. The second-order valence-corrected chi connectivity index (χ2v) is 6.42. The van der Waals surface area contributed by atoms with E-state index in [0.29, 0.717) is 30.5 Å². The molecule has 0 atom stereocenters. The number of para-hydroxylation sites is 1. The Balaban J connectivity index is 1.98. The van der Waals surface area contributed by atoms with Crippen molar-refractivity contribution in [1.29, 1.82) is 0 Å². The fourth-order valence-electron chi connectivity index (χ4n) is 2.34. The number of benzene rings is 1. The van der Waals surface area contributed by atoms with Crippen molar-refractivity contribution in [2.45, 2.75) is 40.3 Å². The summed E-state index contributed by atoms with van der Waals surface area (Å²) >= 11 is 0. The Hall–Kier alpha value is -2.34. The van der Waals surface area contributed by atoms with Crippen LogP contribution in [0.15, 0.2) is 28.8 Å². The highest BCUT2D eigenvalue weighted by atomic mass is 16.5. The fourth-order valence-corrected chi connectivity index (χ4v) is 2.34. The van der Waals surface area contributed by atoms with Gasteiger partial charge in [0.25, 0.3) is 5.91 Å². The number of hydrogen-bond acceptors (Lipinski definition) is 5. The smallest absolute Gasteiger partial charge is 0.255 e. The summed E-state index contributed by atoms with van der Waals surface area (Å²) in [6.07, 6.45) is 0. The highest BCUT2D eigenvalue weighted by Gasteiger charge is 2.15. The van der Waals surface area contributed by atoms with Crippen molar-refractivity contribution >= 4 is 5.91 Å². The highest BCUT2D eigenvalue weighted by molar-refractivity contribution is 5.96. The molecule has 1 heterocycles. The minimum absolute atomic E-state index is 0.133. The van der Waals surface area contributed by atoms with Gasteiger partial charge in [-0.2, -0.15) is 0 Å². The van der Waals surface area contributed by atoms with E-state index < -0.39 is 0 Å². The first-order valence-corrected chi connectivity index (χ1v) is 8.52. The van der Waals surface area contributed by atoms with Gasteiger partial charge in [0.15, 0.2) is 0 Å². The Morgan fingerprint density at radius 2 is 2.04 bits per heavy atom. The molecular formula is C19H27N3O3. The number of rotatable bonds is 8. The maximum atomic E-state index is 12.5. The zero-order valence-electron chi connectivity index (χ0n) is 15.6. The molecule has 0 fully saturated rings. The number of amides is 1. The Kier molecular flexibility index (Phi) is 6.58. The first-order chi connectivity index (χ1) is 11.9. The van der Waals surface area contributed by atoms with Crippen molar-refractivity contribution in [3.8, 4) is 5.75 Å². The average Bonchev–Trinajstić information content (AvgIpc) is 2.91. The van der Waals surface area contributed by atoms with Crippen LogP contribution >= 0.6 is 0 Å². The number of ether oxygens (including phenoxy) is 1. The van der Waals surface area contributed by atoms with Gasteiger partial charge < -0.3 is 19.5 Å². The van der Waals surface area contributed by atoms with E-state index in [2.05, 4.69) is 29.2 Å². The van der Waals surface area contributed by atoms with E-state index in [1.165, 1.54) is 0 Å². The predicted molar refractivity (Wildman–Crippen MR) is 96.9 cm³/mol. The Bertz CT molecular complexity index is 690. The van der Waals surface area contributed by atoms with E-state index in [4.69, 9.17) is 9.26 Å². The molecule has 1 amide bonds. The van der Waals surface area contributed by atoms with Crippen LogP contribution in [0.5, 0.6) is 5.75 Å². The standard InChI is InChI=1S/C19H27N3O3/c1-13(2)22(5)11-10-20-19(23)16-8-6-7-9-18(16)24-12-17-14(3)21-25-15(17)4/h6-9,13H,10-12H2,1-5H3,(H,20,23). The molecule has 0 aliphatic carbocycles. The number of hydrogen-bond donors (Lipinski definition) is 1. The van der Waals surface area contributed by atoms with Gasteiger partial charge in [-0.3, -0.25) is 4.79 Å². The fraction of sp³-hybridized carbons (Fsp3) is 0.474. The number of aryl methyl sites for hydroxylation is 2. The van der Waals surface area contributed by atoms with Crippen LogP contribution in [0.2, 0.25) is 0 Å². The molecule has 1 N–H and O–H groups in total. The molecular weight excluding hydrogens is 318 g/mol. The van der Waals surface area contributed by atoms with E-state index in [9.17, 15) is 4.79 Å². The molecule has 6 heteroatoms. The van der Waals surface area contributed by atoms with Gasteiger partial charge in [-0.25, -0.2) is 0 Å². The minimum Gasteiger partial charge on any atom is -0.488 e. The van der Waals surface area contributed by atoms with Crippen LogP contribution in [0.25, 0.3) is 0 Å².